The number of non-ortho nitro benzene ring substituents is 1. The lowest BCUT2D eigenvalue weighted by Crippen LogP contribution is -2.40. The Labute approximate surface area is 212 Å². The van der Waals surface area contributed by atoms with Crippen LogP contribution in [0, 0.1) is 10.1 Å². The van der Waals surface area contributed by atoms with E-state index in [1.807, 2.05) is 6.92 Å². The molecule has 11 heteroatoms. The molecule has 0 saturated carbocycles. The molecule has 188 valence electrons. The molecule has 0 aromatic heterocycles. The standard InChI is InChI=1S/C25H25N3O7S/c1-2-34-21-13-18(7-10-20(21)35-16-17-5-8-19(9-6-17)28(32)33)14-22-24(30)27(25(31)36-22)15-23(29)26-11-3-4-12-26/h5-10,13-14H,2-4,11-12,15-16H2,1H3/b22-14+. The first-order valence-electron chi connectivity index (χ1n) is 11.5. The lowest BCUT2D eigenvalue weighted by Gasteiger charge is -2.18. The Hall–Kier alpha value is -3.86. The molecule has 0 N–H and O–H groups in total. The van der Waals surface area contributed by atoms with Crippen LogP contribution in [0.2, 0.25) is 0 Å². The van der Waals surface area contributed by atoms with Crippen molar-refractivity contribution in [3.05, 3.63) is 68.6 Å². The van der Waals surface area contributed by atoms with Gasteiger partial charge in [-0.2, -0.15) is 0 Å². The highest BCUT2D eigenvalue weighted by molar-refractivity contribution is 8.18. The number of nitro benzene ring substituents is 1. The number of imide groups is 1. The van der Waals surface area contributed by atoms with Crippen molar-refractivity contribution in [1.29, 1.82) is 0 Å². The van der Waals surface area contributed by atoms with Crippen LogP contribution in [0.3, 0.4) is 0 Å². The molecule has 4 rings (SSSR count). The number of carbonyl (C=O) groups excluding carboxylic acids is 3. The summed E-state index contributed by atoms with van der Waals surface area (Å²) in [4.78, 5) is 50.9. The number of ether oxygens (including phenoxy) is 2. The predicted molar refractivity (Wildman–Crippen MR) is 134 cm³/mol. The summed E-state index contributed by atoms with van der Waals surface area (Å²) >= 11 is 0.803. The molecule has 0 unspecified atom stereocenters. The quantitative estimate of drug-likeness (QED) is 0.279. The SMILES string of the molecule is CCOc1cc(/C=C2/SC(=O)N(CC(=O)N3CCCC3)C2=O)ccc1OCc1ccc([N+](=O)[O-])cc1. The van der Waals surface area contributed by atoms with Crippen molar-refractivity contribution >= 4 is 40.6 Å². The summed E-state index contributed by atoms with van der Waals surface area (Å²) < 4.78 is 11.6. The number of hydrogen-bond donors (Lipinski definition) is 0. The Kier molecular flexibility index (Phi) is 7.89. The Morgan fingerprint density at radius 2 is 1.81 bits per heavy atom. The number of nitro groups is 1. The molecule has 2 aromatic carbocycles. The number of likely N-dealkylation sites (tertiary alicyclic amines) is 1. The van der Waals surface area contributed by atoms with Gasteiger partial charge in [-0.1, -0.05) is 6.07 Å². The first kappa shape index (κ1) is 25.2. The molecule has 2 aromatic rings. The molecule has 36 heavy (non-hydrogen) atoms. The van der Waals surface area contributed by atoms with E-state index in [9.17, 15) is 24.5 Å². The predicted octanol–water partition coefficient (Wildman–Crippen LogP) is 4.23. The number of hydrogen-bond acceptors (Lipinski definition) is 8. The fourth-order valence-electron chi connectivity index (χ4n) is 3.87. The molecule has 0 spiro atoms. The van der Waals surface area contributed by atoms with Crippen LogP contribution in [-0.4, -0.2) is 58.0 Å². The summed E-state index contributed by atoms with van der Waals surface area (Å²) in [5.41, 5.74) is 1.39. The van der Waals surface area contributed by atoms with Crippen LogP contribution in [-0.2, 0) is 16.2 Å². The molecule has 2 aliphatic rings. The number of thioether (sulfide) groups is 1. The van der Waals surface area contributed by atoms with Gasteiger partial charge in [0.2, 0.25) is 5.91 Å². The number of rotatable bonds is 9. The van der Waals surface area contributed by atoms with E-state index in [0.29, 0.717) is 36.8 Å². The minimum atomic E-state index is -0.492. The zero-order valence-electron chi connectivity index (χ0n) is 19.7. The van der Waals surface area contributed by atoms with Gasteiger partial charge in [0, 0.05) is 25.2 Å². The maximum atomic E-state index is 12.8. The largest absolute Gasteiger partial charge is 0.490 e. The van der Waals surface area contributed by atoms with Gasteiger partial charge in [0.25, 0.3) is 16.8 Å². The summed E-state index contributed by atoms with van der Waals surface area (Å²) in [6.45, 7) is 3.46. The highest BCUT2D eigenvalue weighted by Gasteiger charge is 2.37. The van der Waals surface area contributed by atoms with Gasteiger partial charge in [-0.05, 0) is 73.0 Å². The van der Waals surface area contributed by atoms with E-state index in [1.54, 1.807) is 41.3 Å². The number of amides is 3. The summed E-state index contributed by atoms with van der Waals surface area (Å²) in [5.74, 6) is 0.214. The summed E-state index contributed by atoms with van der Waals surface area (Å²) in [6, 6.07) is 11.2. The zero-order chi connectivity index (χ0) is 25.7. The third-order valence-corrected chi connectivity index (χ3v) is 6.64. The van der Waals surface area contributed by atoms with Crippen LogP contribution in [0.25, 0.3) is 6.08 Å². The van der Waals surface area contributed by atoms with Crippen LogP contribution in [0.1, 0.15) is 30.9 Å². The molecule has 3 amide bonds. The fourth-order valence-corrected chi connectivity index (χ4v) is 4.70. The van der Waals surface area contributed by atoms with Crippen LogP contribution in [0.15, 0.2) is 47.4 Å². The number of benzene rings is 2. The van der Waals surface area contributed by atoms with Gasteiger partial charge in [-0.3, -0.25) is 29.4 Å². The minimum absolute atomic E-state index is 0.00272. The van der Waals surface area contributed by atoms with Gasteiger partial charge in [0.05, 0.1) is 16.4 Å². The second kappa shape index (κ2) is 11.3. The fraction of sp³-hybridized carbons (Fsp3) is 0.320. The van der Waals surface area contributed by atoms with E-state index in [-0.39, 0.29) is 29.7 Å². The highest BCUT2D eigenvalue weighted by Crippen LogP contribution is 2.35. The number of nitrogens with zero attached hydrogens (tertiary/aromatic N) is 3. The van der Waals surface area contributed by atoms with Crippen molar-refractivity contribution in [1.82, 2.24) is 9.80 Å². The summed E-state index contributed by atoms with van der Waals surface area (Å²) in [5, 5.41) is 10.3. The van der Waals surface area contributed by atoms with E-state index >= 15 is 0 Å². The molecule has 2 saturated heterocycles. The lowest BCUT2D eigenvalue weighted by molar-refractivity contribution is -0.384. The minimum Gasteiger partial charge on any atom is -0.490 e. The van der Waals surface area contributed by atoms with Gasteiger partial charge < -0.3 is 14.4 Å². The van der Waals surface area contributed by atoms with E-state index in [4.69, 9.17) is 9.47 Å². The monoisotopic (exact) mass is 511 g/mol. The van der Waals surface area contributed by atoms with Crippen LogP contribution >= 0.6 is 11.8 Å². The van der Waals surface area contributed by atoms with Crippen molar-refractivity contribution in [2.45, 2.75) is 26.4 Å². The van der Waals surface area contributed by atoms with Gasteiger partial charge in [-0.15, -0.1) is 0 Å². The Morgan fingerprint density at radius 1 is 1.08 bits per heavy atom. The molecule has 0 atom stereocenters. The zero-order valence-corrected chi connectivity index (χ0v) is 20.5. The van der Waals surface area contributed by atoms with Crippen molar-refractivity contribution in [2.75, 3.05) is 26.2 Å². The van der Waals surface area contributed by atoms with Crippen molar-refractivity contribution in [3.63, 3.8) is 0 Å². The first-order valence-corrected chi connectivity index (χ1v) is 12.3. The van der Waals surface area contributed by atoms with Gasteiger partial charge >= 0.3 is 0 Å². The van der Waals surface area contributed by atoms with E-state index in [0.717, 1.165) is 35.1 Å². The smallest absolute Gasteiger partial charge is 0.294 e. The van der Waals surface area contributed by atoms with Crippen molar-refractivity contribution in [2.24, 2.45) is 0 Å². The highest BCUT2D eigenvalue weighted by atomic mass is 32.2. The maximum absolute atomic E-state index is 12.8. The Balaban J connectivity index is 1.45. The van der Waals surface area contributed by atoms with Gasteiger partial charge in [0.15, 0.2) is 11.5 Å². The molecule has 2 heterocycles. The topological polar surface area (TPSA) is 119 Å². The Bertz CT molecular complexity index is 1210. The first-order chi connectivity index (χ1) is 17.4. The summed E-state index contributed by atoms with van der Waals surface area (Å²) in [7, 11) is 0. The van der Waals surface area contributed by atoms with Crippen LogP contribution in [0.5, 0.6) is 11.5 Å². The molecule has 0 aliphatic carbocycles. The second-order valence-electron chi connectivity index (χ2n) is 8.21. The average molecular weight is 512 g/mol. The lowest BCUT2D eigenvalue weighted by atomic mass is 10.1. The van der Waals surface area contributed by atoms with Crippen LogP contribution < -0.4 is 9.47 Å². The van der Waals surface area contributed by atoms with Gasteiger partial charge in [0.1, 0.15) is 13.2 Å². The van der Waals surface area contributed by atoms with Gasteiger partial charge in [-0.25, -0.2) is 0 Å². The number of carbonyl (C=O) groups is 3. The average Bonchev–Trinajstić information content (AvgIpc) is 3.49. The normalized spacial score (nSPS) is 16.6. The van der Waals surface area contributed by atoms with E-state index < -0.39 is 16.1 Å². The molecular formula is C25H25N3O7S. The van der Waals surface area contributed by atoms with Crippen molar-refractivity contribution < 1.29 is 28.8 Å². The molecule has 0 bridgehead atoms. The third kappa shape index (κ3) is 5.85. The maximum Gasteiger partial charge on any atom is 0.294 e. The molecule has 2 fully saturated rings. The molecular weight excluding hydrogens is 486 g/mol. The van der Waals surface area contributed by atoms with Crippen molar-refractivity contribution in [3.8, 4) is 11.5 Å². The van der Waals surface area contributed by atoms with E-state index in [1.165, 1.54) is 12.1 Å². The van der Waals surface area contributed by atoms with Crippen LogP contribution in [0.4, 0.5) is 10.5 Å². The third-order valence-electron chi connectivity index (χ3n) is 5.73. The molecule has 10 nitrogen and oxygen atoms in total. The Morgan fingerprint density at radius 3 is 2.47 bits per heavy atom. The molecule has 2 aliphatic heterocycles. The molecule has 0 radical (unpaired) electrons. The van der Waals surface area contributed by atoms with E-state index in [2.05, 4.69) is 0 Å². The summed E-state index contributed by atoms with van der Waals surface area (Å²) in [6.07, 6.45) is 3.46. The second-order valence-corrected chi connectivity index (χ2v) is 9.20.